The Morgan fingerprint density at radius 2 is 2.25 bits per heavy atom. The Kier molecular flexibility index (Phi) is 8.28. The fourth-order valence-corrected chi connectivity index (χ4v) is 2.51. The molecular formula is C16H14ClF2N2O2Y-. The average Bonchev–Trinajstić information content (AvgIpc) is 2.50. The fourth-order valence-electron chi connectivity index (χ4n) is 2.32. The first kappa shape index (κ1) is 21.0. The van der Waals surface area contributed by atoms with Crippen LogP contribution in [0.2, 0.25) is 0 Å². The van der Waals surface area contributed by atoms with Crippen molar-refractivity contribution in [3.8, 4) is 11.8 Å². The molecule has 0 spiro atoms. The maximum atomic E-state index is 12.8. The van der Waals surface area contributed by atoms with Crippen LogP contribution in [0.4, 0.5) is 8.78 Å². The van der Waals surface area contributed by atoms with Crippen LogP contribution >= 0.6 is 11.6 Å². The van der Waals surface area contributed by atoms with E-state index < -0.39 is 24.3 Å². The second kappa shape index (κ2) is 9.46. The van der Waals surface area contributed by atoms with E-state index in [9.17, 15) is 13.6 Å². The second-order valence-electron chi connectivity index (χ2n) is 4.96. The summed E-state index contributed by atoms with van der Waals surface area (Å²) in [5, 5.41) is 7.63. The molecule has 1 aliphatic rings. The molecule has 24 heavy (non-hydrogen) atoms. The maximum Gasteiger partial charge on any atom is 0.256 e. The third-order valence-electron chi connectivity index (χ3n) is 3.33. The Balaban J connectivity index is 0.00000288. The smallest absolute Gasteiger partial charge is 0.256 e. The van der Waals surface area contributed by atoms with Crippen molar-refractivity contribution in [2.24, 2.45) is 0 Å². The van der Waals surface area contributed by atoms with Crippen molar-refractivity contribution in [3.63, 3.8) is 0 Å². The number of halogens is 3. The van der Waals surface area contributed by atoms with E-state index in [2.05, 4.69) is 6.08 Å². The Labute approximate surface area is 169 Å². The van der Waals surface area contributed by atoms with Gasteiger partial charge in [-0.2, -0.15) is 5.26 Å². The zero-order chi connectivity index (χ0) is 17.0. The standard InChI is InChI=1S/C16H14ClF2N2O2.Y/c1-10-8-11(23-7-6-20)2-3-12(10)14-5-4-13(17)16(22)21(14)9-15(18)19;/h2-3,8,13,15H,4,7,9H2,1H3;/q-1;. The Morgan fingerprint density at radius 3 is 2.83 bits per heavy atom. The normalized spacial score (nSPS) is 17.2. The van der Waals surface area contributed by atoms with E-state index in [4.69, 9.17) is 21.6 Å². The summed E-state index contributed by atoms with van der Waals surface area (Å²) in [6.45, 7) is 0.953. The van der Waals surface area contributed by atoms with Gasteiger partial charge in [0.1, 0.15) is 17.2 Å². The molecule has 0 aliphatic carbocycles. The molecule has 1 radical (unpaired) electrons. The van der Waals surface area contributed by atoms with Gasteiger partial charge in [-0.1, -0.05) is 13.3 Å². The van der Waals surface area contributed by atoms with E-state index in [1.54, 1.807) is 25.1 Å². The quantitative estimate of drug-likeness (QED) is 0.535. The summed E-state index contributed by atoms with van der Waals surface area (Å²) in [6, 6.07) is 6.82. The Hall–Kier alpha value is -1.03. The number of allylic oxidation sites excluding steroid dienone is 1. The number of nitriles is 1. The zero-order valence-corrected chi connectivity index (χ0v) is 16.5. The summed E-state index contributed by atoms with van der Waals surface area (Å²) in [5.41, 5.74) is 1.63. The molecule has 8 heteroatoms. The van der Waals surface area contributed by atoms with Gasteiger partial charge in [0.25, 0.3) is 6.43 Å². The van der Waals surface area contributed by atoms with Crippen molar-refractivity contribution in [1.29, 1.82) is 5.26 Å². The van der Waals surface area contributed by atoms with Crippen molar-refractivity contribution in [1.82, 2.24) is 4.90 Å². The van der Waals surface area contributed by atoms with Crippen LogP contribution in [0.1, 0.15) is 17.5 Å². The number of amides is 1. The summed E-state index contributed by atoms with van der Waals surface area (Å²) >= 11 is 5.86. The van der Waals surface area contributed by atoms with Gasteiger partial charge < -0.3 is 9.64 Å². The summed E-state index contributed by atoms with van der Waals surface area (Å²) in [5.74, 6) is -0.0592. The van der Waals surface area contributed by atoms with Crippen LogP contribution in [-0.2, 0) is 37.5 Å². The Morgan fingerprint density at radius 1 is 1.54 bits per heavy atom. The summed E-state index contributed by atoms with van der Waals surface area (Å²) in [7, 11) is 0. The van der Waals surface area contributed by atoms with Crippen molar-refractivity contribution in [3.05, 3.63) is 35.4 Å². The number of alkyl halides is 3. The summed E-state index contributed by atoms with van der Waals surface area (Å²) < 4.78 is 30.8. The molecule has 1 aromatic carbocycles. The van der Waals surface area contributed by atoms with Gasteiger partial charge in [-0.15, -0.1) is 34.5 Å². The second-order valence-corrected chi connectivity index (χ2v) is 5.49. The fraction of sp³-hybridized carbons (Fsp3) is 0.375. The number of nitrogens with zero attached hydrogens (tertiary/aromatic N) is 2. The van der Waals surface area contributed by atoms with Gasteiger partial charge in [0.05, 0.1) is 6.54 Å². The minimum absolute atomic E-state index is 0. The minimum Gasteiger partial charge on any atom is -0.479 e. The molecule has 0 bridgehead atoms. The molecular weight excluding hydrogens is 415 g/mol. The first-order valence-electron chi connectivity index (χ1n) is 6.89. The number of benzene rings is 1. The summed E-state index contributed by atoms with van der Waals surface area (Å²) in [4.78, 5) is 13.1. The molecule has 1 heterocycles. The molecule has 1 atom stereocenters. The van der Waals surface area contributed by atoms with Gasteiger partial charge in [-0.25, -0.2) is 14.9 Å². The molecule has 125 valence electrons. The van der Waals surface area contributed by atoms with Crippen LogP contribution in [0.5, 0.6) is 5.75 Å². The molecule has 0 N–H and O–H groups in total. The molecule has 0 saturated carbocycles. The van der Waals surface area contributed by atoms with Crippen molar-refractivity contribution in [2.45, 2.75) is 25.1 Å². The van der Waals surface area contributed by atoms with Gasteiger partial charge in [0, 0.05) is 32.7 Å². The van der Waals surface area contributed by atoms with Crippen LogP contribution in [0.15, 0.2) is 18.2 Å². The molecule has 0 fully saturated rings. The van der Waals surface area contributed by atoms with Gasteiger partial charge in [0.2, 0.25) is 5.91 Å². The largest absolute Gasteiger partial charge is 0.479 e. The van der Waals surface area contributed by atoms with E-state index in [0.29, 0.717) is 17.0 Å². The van der Waals surface area contributed by atoms with Crippen LogP contribution in [0.25, 0.3) is 5.70 Å². The predicted molar refractivity (Wildman–Crippen MR) is 80.9 cm³/mol. The summed E-state index contributed by atoms with van der Waals surface area (Å²) in [6.07, 6.45) is 0.436. The topological polar surface area (TPSA) is 53.3 Å². The molecule has 1 aromatic rings. The number of aryl methyl sites for hydroxylation is 1. The van der Waals surface area contributed by atoms with E-state index in [1.165, 1.54) is 0 Å². The minimum atomic E-state index is -2.67. The van der Waals surface area contributed by atoms with Crippen molar-refractivity contribution in [2.75, 3.05) is 13.2 Å². The number of hydrogen-bond acceptors (Lipinski definition) is 3. The van der Waals surface area contributed by atoms with Crippen LogP contribution in [-0.4, -0.2) is 35.8 Å². The van der Waals surface area contributed by atoms with Crippen molar-refractivity contribution < 1.29 is 51.0 Å². The molecule has 4 nitrogen and oxygen atoms in total. The van der Waals surface area contributed by atoms with E-state index in [0.717, 1.165) is 10.5 Å². The van der Waals surface area contributed by atoms with Crippen LogP contribution < -0.4 is 4.74 Å². The SMILES string of the molecule is Cc1cc(OCC#N)ccc1C1=[C-]CC(Cl)C(=O)N1CC(F)F.[Y]. The third kappa shape index (κ3) is 4.98. The van der Waals surface area contributed by atoms with Crippen molar-refractivity contribution >= 4 is 23.2 Å². The predicted octanol–water partition coefficient (Wildman–Crippen LogP) is 3.14. The number of hydrogen-bond donors (Lipinski definition) is 0. The zero-order valence-electron chi connectivity index (χ0n) is 12.9. The van der Waals surface area contributed by atoms with Gasteiger partial charge >= 0.3 is 0 Å². The first-order chi connectivity index (χ1) is 10.9. The molecule has 1 amide bonds. The van der Waals surface area contributed by atoms with Gasteiger partial charge in [0.15, 0.2) is 6.61 Å². The maximum absolute atomic E-state index is 12.8. The van der Waals surface area contributed by atoms with E-state index in [-0.39, 0.29) is 45.7 Å². The molecule has 1 unspecified atom stereocenters. The van der Waals surface area contributed by atoms with Crippen LogP contribution in [0.3, 0.4) is 0 Å². The molecule has 0 aromatic heterocycles. The first-order valence-corrected chi connectivity index (χ1v) is 7.33. The number of carbonyl (C=O) groups is 1. The van der Waals surface area contributed by atoms with E-state index in [1.807, 2.05) is 6.07 Å². The monoisotopic (exact) mass is 428 g/mol. The molecule has 1 aliphatic heterocycles. The number of rotatable bonds is 5. The number of carbonyl (C=O) groups excluding carboxylic acids is 1. The van der Waals surface area contributed by atoms with E-state index >= 15 is 0 Å². The molecule has 2 rings (SSSR count). The van der Waals surface area contributed by atoms with Crippen LogP contribution in [0, 0.1) is 24.3 Å². The Bertz CT molecular complexity index is 677. The third-order valence-corrected chi connectivity index (χ3v) is 3.67. The van der Waals surface area contributed by atoms with Gasteiger partial charge in [-0.05, 0) is 12.1 Å². The number of ether oxygens (including phenoxy) is 1. The van der Waals surface area contributed by atoms with Gasteiger partial charge in [-0.3, -0.25) is 4.79 Å². The molecule has 0 saturated heterocycles. The average molecular weight is 429 g/mol.